The molecule has 0 aliphatic heterocycles. The quantitative estimate of drug-likeness (QED) is 0.767. The van der Waals surface area contributed by atoms with Crippen molar-refractivity contribution in [1.82, 2.24) is 10.6 Å². The summed E-state index contributed by atoms with van der Waals surface area (Å²) >= 11 is 3.32. The monoisotopic (exact) mass is 327 g/mol. The van der Waals surface area contributed by atoms with Gasteiger partial charge in [0.1, 0.15) is 11.6 Å². The predicted molar refractivity (Wildman–Crippen MR) is 77.4 cm³/mol. The zero-order valence-corrected chi connectivity index (χ0v) is 12.7. The van der Waals surface area contributed by atoms with Crippen LogP contribution in [0.15, 0.2) is 28.7 Å². The van der Waals surface area contributed by atoms with E-state index >= 15 is 0 Å². The molecule has 0 aromatic heterocycles. The Morgan fingerprint density at radius 2 is 1.84 bits per heavy atom. The van der Waals surface area contributed by atoms with Crippen molar-refractivity contribution in [2.75, 3.05) is 7.05 Å². The molecule has 0 saturated carbocycles. The lowest BCUT2D eigenvalue weighted by atomic mass is 9.92. The first kappa shape index (κ1) is 15.7. The van der Waals surface area contributed by atoms with E-state index in [9.17, 15) is 9.59 Å². The molecule has 0 bridgehead atoms. The Kier molecular flexibility index (Phi) is 5.08. The first-order chi connectivity index (χ1) is 8.78. The number of likely N-dealkylation sites (N-methyl/N-ethyl adjacent to an activating group) is 1. The Bertz CT molecular complexity index is 471. The SMILES string of the molecule is CNC(=O)[C@@H](C)NC(=O)C(C)(N)c1ccc(Br)cc1. The van der Waals surface area contributed by atoms with E-state index in [1.54, 1.807) is 26.0 Å². The summed E-state index contributed by atoms with van der Waals surface area (Å²) in [5.41, 5.74) is 5.55. The zero-order valence-electron chi connectivity index (χ0n) is 11.2. The maximum atomic E-state index is 12.2. The number of hydrogen-bond donors (Lipinski definition) is 3. The Morgan fingerprint density at radius 3 is 2.32 bits per heavy atom. The highest BCUT2D eigenvalue weighted by Gasteiger charge is 2.32. The van der Waals surface area contributed by atoms with Gasteiger partial charge >= 0.3 is 0 Å². The van der Waals surface area contributed by atoms with Crippen LogP contribution in [0.3, 0.4) is 0 Å². The summed E-state index contributed by atoms with van der Waals surface area (Å²) in [4.78, 5) is 23.5. The molecule has 6 heteroatoms. The molecule has 5 nitrogen and oxygen atoms in total. The Morgan fingerprint density at radius 1 is 1.32 bits per heavy atom. The van der Waals surface area contributed by atoms with Gasteiger partial charge in [-0.25, -0.2) is 0 Å². The van der Waals surface area contributed by atoms with Gasteiger partial charge in [0.25, 0.3) is 0 Å². The van der Waals surface area contributed by atoms with Crippen LogP contribution >= 0.6 is 15.9 Å². The lowest BCUT2D eigenvalue weighted by Crippen LogP contribution is -2.54. The van der Waals surface area contributed by atoms with Crippen molar-refractivity contribution >= 4 is 27.7 Å². The summed E-state index contributed by atoms with van der Waals surface area (Å²) in [7, 11) is 1.52. The zero-order chi connectivity index (χ0) is 14.6. The van der Waals surface area contributed by atoms with Crippen LogP contribution in [0, 0.1) is 0 Å². The van der Waals surface area contributed by atoms with Gasteiger partial charge in [0, 0.05) is 11.5 Å². The van der Waals surface area contributed by atoms with Gasteiger partial charge in [-0.1, -0.05) is 28.1 Å². The van der Waals surface area contributed by atoms with Crippen LogP contribution in [0.1, 0.15) is 19.4 Å². The molecular weight excluding hydrogens is 310 g/mol. The molecule has 104 valence electrons. The molecule has 2 atom stereocenters. The summed E-state index contributed by atoms with van der Waals surface area (Å²) in [6.07, 6.45) is 0. The third kappa shape index (κ3) is 3.78. The van der Waals surface area contributed by atoms with Crippen molar-refractivity contribution in [3.63, 3.8) is 0 Å². The number of halogens is 1. The largest absolute Gasteiger partial charge is 0.357 e. The fourth-order valence-electron chi connectivity index (χ4n) is 1.56. The van der Waals surface area contributed by atoms with Crippen LogP contribution in [0.5, 0.6) is 0 Å². The minimum atomic E-state index is -1.19. The van der Waals surface area contributed by atoms with Gasteiger partial charge in [-0.2, -0.15) is 0 Å². The maximum Gasteiger partial charge on any atom is 0.245 e. The lowest BCUT2D eigenvalue weighted by Gasteiger charge is -2.26. The van der Waals surface area contributed by atoms with Crippen molar-refractivity contribution in [2.24, 2.45) is 5.73 Å². The lowest BCUT2D eigenvalue weighted by molar-refractivity contribution is -0.131. The topological polar surface area (TPSA) is 84.2 Å². The van der Waals surface area contributed by atoms with Gasteiger partial charge < -0.3 is 16.4 Å². The van der Waals surface area contributed by atoms with Gasteiger partial charge in [0.2, 0.25) is 11.8 Å². The number of nitrogens with one attached hydrogen (secondary N) is 2. The number of hydrogen-bond acceptors (Lipinski definition) is 3. The Balaban J connectivity index is 2.85. The first-order valence-electron chi connectivity index (χ1n) is 5.86. The molecule has 0 spiro atoms. The highest BCUT2D eigenvalue weighted by Crippen LogP contribution is 2.20. The molecule has 0 fully saturated rings. The second kappa shape index (κ2) is 6.16. The third-order valence-corrected chi connectivity index (χ3v) is 3.43. The predicted octanol–water partition coefficient (Wildman–Crippen LogP) is 0.874. The molecule has 1 rings (SSSR count). The van der Waals surface area contributed by atoms with E-state index in [2.05, 4.69) is 26.6 Å². The fourth-order valence-corrected chi connectivity index (χ4v) is 1.82. The van der Waals surface area contributed by atoms with Crippen molar-refractivity contribution in [1.29, 1.82) is 0 Å². The van der Waals surface area contributed by atoms with Crippen molar-refractivity contribution < 1.29 is 9.59 Å². The Labute approximate surface area is 121 Å². The van der Waals surface area contributed by atoms with Crippen molar-refractivity contribution in [3.8, 4) is 0 Å². The average molecular weight is 328 g/mol. The van der Waals surface area contributed by atoms with Gasteiger partial charge in [-0.3, -0.25) is 9.59 Å². The summed E-state index contributed by atoms with van der Waals surface area (Å²) in [5, 5.41) is 5.06. The van der Waals surface area contributed by atoms with Gasteiger partial charge in [0.15, 0.2) is 0 Å². The molecule has 0 aliphatic carbocycles. The smallest absolute Gasteiger partial charge is 0.245 e. The number of carbonyl (C=O) groups excluding carboxylic acids is 2. The molecule has 19 heavy (non-hydrogen) atoms. The van der Waals surface area contributed by atoms with E-state index in [1.165, 1.54) is 7.05 Å². The molecule has 4 N–H and O–H groups in total. The maximum absolute atomic E-state index is 12.2. The van der Waals surface area contributed by atoms with Crippen LogP contribution in [0.2, 0.25) is 0 Å². The second-order valence-electron chi connectivity index (χ2n) is 4.52. The van der Waals surface area contributed by atoms with Crippen LogP contribution < -0.4 is 16.4 Å². The Hall–Kier alpha value is -1.40. The number of benzene rings is 1. The van der Waals surface area contributed by atoms with E-state index in [-0.39, 0.29) is 5.91 Å². The summed E-state index contributed by atoms with van der Waals surface area (Å²) in [5.74, 6) is -0.661. The molecule has 1 unspecified atom stereocenters. The molecule has 0 heterocycles. The normalized spacial score (nSPS) is 15.2. The van der Waals surface area contributed by atoms with E-state index in [0.29, 0.717) is 5.56 Å². The highest BCUT2D eigenvalue weighted by molar-refractivity contribution is 9.10. The molecule has 0 saturated heterocycles. The van der Waals surface area contributed by atoms with E-state index in [0.717, 1.165) is 4.47 Å². The number of amides is 2. The first-order valence-corrected chi connectivity index (χ1v) is 6.65. The van der Waals surface area contributed by atoms with Crippen LogP contribution in [0.4, 0.5) is 0 Å². The van der Waals surface area contributed by atoms with Gasteiger partial charge in [-0.15, -0.1) is 0 Å². The molecule has 0 aliphatic rings. The fraction of sp³-hybridized carbons (Fsp3) is 0.385. The van der Waals surface area contributed by atoms with Crippen LogP contribution in [-0.2, 0) is 15.1 Å². The second-order valence-corrected chi connectivity index (χ2v) is 5.43. The minimum absolute atomic E-state index is 0.264. The molecular formula is C13H18BrN3O2. The number of carbonyl (C=O) groups is 2. The van der Waals surface area contributed by atoms with E-state index in [4.69, 9.17) is 5.73 Å². The third-order valence-electron chi connectivity index (χ3n) is 2.90. The minimum Gasteiger partial charge on any atom is -0.357 e. The average Bonchev–Trinajstić information content (AvgIpc) is 2.38. The van der Waals surface area contributed by atoms with Gasteiger partial charge in [0.05, 0.1) is 0 Å². The number of nitrogens with two attached hydrogens (primary N) is 1. The van der Waals surface area contributed by atoms with E-state index in [1.807, 2.05) is 12.1 Å². The van der Waals surface area contributed by atoms with Crippen LogP contribution in [0.25, 0.3) is 0 Å². The summed E-state index contributed by atoms with van der Waals surface area (Å²) in [6.45, 7) is 3.22. The van der Waals surface area contributed by atoms with Gasteiger partial charge in [-0.05, 0) is 31.5 Å². The van der Waals surface area contributed by atoms with Crippen molar-refractivity contribution in [3.05, 3.63) is 34.3 Å². The van der Waals surface area contributed by atoms with Crippen LogP contribution in [-0.4, -0.2) is 24.9 Å². The highest BCUT2D eigenvalue weighted by atomic mass is 79.9. The number of rotatable bonds is 4. The van der Waals surface area contributed by atoms with E-state index < -0.39 is 17.5 Å². The summed E-state index contributed by atoms with van der Waals surface area (Å²) < 4.78 is 0.909. The molecule has 1 aromatic carbocycles. The standard InChI is InChI=1S/C13H18BrN3O2/c1-8(11(18)16-3)17-12(19)13(2,15)9-4-6-10(14)7-5-9/h4-8H,15H2,1-3H3,(H,16,18)(H,17,19)/t8-,13?/m1/s1. The molecule has 2 amide bonds. The summed E-state index contributed by atoms with van der Waals surface area (Å²) in [6, 6.07) is 6.55. The van der Waals surface area contributed by atoms with Crippen molar-refractivity contribution in [2.45, 2.75) is 25.4 Å². The molecule has 1 aromatic rings. The molecule has 0 radical (unpaired) electrons.